The van der Waals surface area contributed by atoms with Crippen molar-refractivity contribution in [1.82, 2.24) is 9.47 Å². The highest BCUT2D eigenvalue weighted by atomic mass is 16.3. The first kappa shape index (κ1) is 17.3. The lowest BCUT2D eigenvalue weighted by Crippen LogP contribution is -2.35. The molecule has 0 saturated carbocycles. The molecule has 1 amide bonds. The maximum absolute atomic E-state index is 12.9. The fourth-order valence-corrected chi connectivity index (χ4v) is 3.02. The molecule has 1 aromatic heterocycles. The zero-order valence-electron chi connectivity index (χ0n) is 14.2. The van der Waals surface area contributed by atoms with Gasteiger partial charge in [0.05, 0.1) is 12.2 Å². The van der Waals surface area contributed by atoms with Crippen LogP contribution in [-0.4, -0.2) is 40.2 Å². The zero-order valence-corrected chi connectivity index (χ0v) is 14.2. The fourth-order valence-electron chi connectivity index (χ4n) is 3.02. The Hall–Kier alpha value is -2.07. The van der Waals surface area contributed by atoms with Crippen molar-refractivity contribution in [2.24, 2.45) is 0 Å². The van der Waals surface area contributed by atoms with Gasteiger partial charge in [-0.05, 0) is 38.8 Å². The molecule has 1 aromatic carbocycles. The van der Waals surface area contributed by atoms with E-state index in [2.05, 4.69) is 23.6 Å². The summed E-state index contributed by atoms with van der Waals surface area (Å²) in [7, 11) is 0. The molecule has 1 heterocycles. The maximum Gasteiger partial charge on any atom is 0.255 e. The average molecular weight is 314 g/mol. The van der Waals surface area contributed by atoms with E-state index in [1.54, 1.807) is 4.90 Å². The van der Waals surface area contributed by atoms with Crippen LogP contribution in [-0.2, 0) is 13.0 Å². The van der Waals surface area contributed by atoms with Crippen LogP contribution in [0.5, 0.6) is 0 Å². The molecule has 0 aliphatic rings. The highest BCUT2D eigenvalue weighted by Crippen LogP contribution is 2.17. The second-order valence-corrected chi connectivity index (χ2v) is 5.78. The number of rotatable bonds is 7. The molecular weight excluding hydrogens is 288 g/mol. The maximum atomic E-state index is 12.9. The molecular formula is C19H26N2O2. The Balaban J connectivity index is 2.15. The predicted octanol–water partition coefficient (Wildman–Crippen LogP) is 2.80. The number of aliphatic hydroxyl groups excluding tert-OH is 1. The normalized spacial score (nSPS) is 10.8. The Kier molecular flexibility index (Phi) is 5.99. The van der Waals surface area contributed by atoms with Crippen molar-refractivity contribution in [2.45, 2.75) is 33.7 Å². The number of carbonyl (C=O) groups excluding carboxylic acids is 1. The minimum absolute atomic E-state index is 0.00258. The van der Waals surface area contributed by atoms with Crippen molar-refractivity contribution in [1.29, 1.82) is 0 Å². The largest absolute Gasteiger partial charge is 0.395 e. The van der Waals surface area contributed by atoms with Crippen LogP contribution in [0.3, 0.4) is 0 Å². The molecule has 2 rings (SSSR count). The van der Waals surface area contributed by atoms with E-state index in [0.29, 0.717) is 13.1 Å². The number of nitrogens with zero attached hydrogens (tertiary/aromatic N) is 2. The van der Waals surface area contributed by atoms with Crippen LogP contribution in [0, 0.1) is 13.8 Å². The van der Waals surface area contributed by atoms with E-state index < -0.39 is 0 Å². The molecule has 124 valence electrons. The van der Waals surface area contributed by atoms with Gasteiger partial charge in [0.25, 0.3) is 5.91 Å². The smallest absolute Gasteiger partial charge is 0.255 e. The van der Waals surface area contributed by atoms with E-state index in [4.69, 9.17) is 0 Å². The van der Waals surface area contributed by atoms with Gasteiger partial charge in [0.1, 0.15) is 0 Å². The van der Waals surface area contributed by atoms with Crippen LogP contribution in [0.25, 0.3) is 0 Å². The van der Waals surface area contributed by atoms with E-state index in [1.807, 2.05) is 38.1 Å². The van der Waals surface area contributed by atoms with Crippen LogP contribution in [0.15, 0.2) is 36.4 Å². The molecule has 0 unspecified atom stereocenters. The highest BCUT2D eigenvalue weighted by Gasteiger charge is 2.20. The second kappa shape index (κ2) is 7.97. The molecule has 0 spiro atoms. The molecule has 0 aliphatic heterocycles. The van der Waals surface area contributed by atoms with Gasteiger partial charge < -0.3 is 14.6 Å². The Labute approximate surface area is 138 Å². The van der Waals surface area contributed by atoms with Crippen LogP contribution in [0.2, 0.25) is 0 Å². The number of aryl methyl sites for hydroxylation is 1. The van der Waals surface area contributed by atoms with Gasteiger partial charge >= 0.3 is 0 Å². The molecule has 1 N–H and O–H groups in total. The number of benzene rings is 1. The van der Waals surface area contributed by atoms with Gasteiger partial charge in [-0.15, -0.1) is 0 Å². The first-order chi connectivity index (χ1) is 11.1. The third-order valence-corrected chi connectivity index (χ3v) is 4.29. The van der Waals surface area contributed by atoms with Gasteiger partial charge in [-0.2, -0.15) is 0 Å². The number of amides is 1. The summed E-state index contributed by atoms with van der Waals surface area (Å²) in [4.78, 5) is 14.6. The lowest BCUT2D eigenvalue weighted by atomic mass is 10.1. The second-order valence-electron chi connectivity index (χ2n) is 5.78. The van der Waals surface area contributed by atoms with Crippen molar-refractivity contribution in [3.63, 3.8) is 0 Å². The summed E-state index contributed by atoms with van der Waals surface area (Å²) in [6, 6.07) is 12.1. The Morgan fingerprint density at radius 1 is 1.17 bits per heavy atom. The van der Waals surface area contributed by atoms with Gasteiger partial charge in [-0.3, -0.25) is 4.79 Å². The number of hydrogen-bond acceptors (Lipinski definition) is 2. The quantitative estimate of drug-likeness (QED) is 0.854. The minimum atomic E-state index is -0.0208. The van der Waals surface area contributed by atoms with E-state index in [-0.39, 0.29) is 12.5 Å². The van der Waals surface area contributed by atoms with Crippen molar-refractivity contribution < 1.29 is 9.90 Å². The number of carbonyl (C=O) groups is 1. The van der Waals surface area contributed by atoms with Crippen molar-refractivity contribution in [3.8, 4) is 0 Å². The summed E-state index contributed by atoms with van der Waals surface area (Å²) in [5, 5.41) is 9.31. The number of aromatic nitrogens is 1. The van der Waals surface area contributed by atoms with E-state index >= 15 is 0 Å². The van der Waals surface area contributed by atoms with Gasteiger partial charge in [-0.1, -0.05) is 30.3 Å². The SMILES string of the molecule is CCn1c(C)cc(C(=O)N(CCO)CCc2ccccc2)c1C. The number of aliphatic hydroxyl groups is 1. The fraction of sp³-hybridized carbons (Fsp3) is 0.421. The topological polar surface area (TPSA) is 45.5 Å². The molecule has 0 atom stereocenters. The molecule has 23 heavy (non-hydrogen) atoms. The first-order valence-electron chi connectivity index (χ1n) is 8.19. The summed E-state index contributed by atoms with van der Waals surface area (Å²) < 4.78 is 2.14. The van der Waals surface area contributed by atoms with Gasteiger partial charge in [0.15, 0.2) is 0 Å². The standard InChI is InChI=1S/C19H26N2O2/c1-4-21-15(2)14-18(16(21)3)19(23)20(12-13-22)11-10-17-8-6-5-7-9-17/h5-9,14,22H,4,10-13H2,1-3H3. The summed E-state index contributed by atoms with van der Waals surface area (Å²) in [6.07, 6.45) is 0.791. The Morgan fingerprint density at radius 2 is 1.87 bits per heavy atom. The Morgan fingerprint density at radius 3 is 2.43 bits per heavy atom. The number of hydrogen-bond donors (Lipinski definition) is 1. The molecule has 0 saturated heterocycles. The summed E-state index contributed by atoms with van der Waals surface area (Å²) in [6.45, 7) is 7.89. The minimum Gasteiger partial charge on any atom is -0.395 e. The van der Waals surface area contributed by atoms with Crippen molar-refractivity contribution in [3.05, 3.63) is 58.9 Å². The molecule has 2 aromatic rings. The highest BCUT2D eigenvalue weighted by molar-refractivity contribution is 5.95. The van der Waals surface area contributed by atoms with Crippen molar-refractivity contribution >= 4 is 5.91 Å². The molecule has 0 fully saturated rings. The summed E-state index contributed by atoms with van der Waals surface area (Å²) in [5.74, 6) is 0.00258. The van der Waals surface area contributed by atoms with Crippen LogP contribution in [0.1, 0.15) is 34.2 Å². The monoisotopic (exact) mass is 314 g/mol. The summed E-state index contributed by atoms with van der Waals surface area (Å²) >= 11 is 0. The molecule has 4 heteroatoms. The molecule has 0 bridgehead atoms. The van der Waals surface area contributed by atoms with Crippen LogP contribution < -0.4 is 0 Å². The van der Waals surface area contributed by atoms with E-state index in [0.717, 1.165) is 29.9 Å². The van der Waals surface area contributed by atoms with E-state index in [1.165, 1.54) is 5.56 Å². The molecule has 0 aliphatic carbocycles. The molecule has 4 nitrogen and oxygen atoms in total. The van der Waals surface area contributed by atoms with Gasteiger partial charge in [-0.25, -0.2) is 0 Å². The zero-order chi connectivity index (χ0) is 16.8. The predicted molar refractivity (Wildman–Crippen MR) is 92.7 cm³/mol. The van der Waals surface area contributed by atoms with Crippen LogP contribution in [0.4, 0.5) is 0 Å². The first-order valence-corrected chi connectivity index (χ1v) is 8.19. The molecule has 0 radical (unpaired) electrons. The lowest BCUT2D eigenvalue weighted by molar-refractivity contribution is 0.0723. The van der Waals surface area contributed by atoms with Crippen LogP contribution >= 0.6 is 0 Å². The average Bonchev–Trinajstić information content (AvgIpc) is 2.85. The van der Waals surface area contributed by atoms with E-state index in [9.17, 15) is 9.90 Å². The summed E-state index contributed by atoms with van der Waals surface area (Å²) in [5.41, 5.74) is 4.03. The third kappa shape index (κ3) is 4.02. The lowest BCUT2D eigenvalue weighted by Gasteiger charge is -2.22. The Bertz CT molecular complexity index is 647. The third-order valence-electron chi connectivity index (χ3n) is 4.29. The van der Waals surface area contributed by atoms with Crippen molar-refractivity contribution in [2.75, 3.05) is 19.7 Å². The van der Waals surface area contributed by atoms with Gasteiger partial charge in [0.2, 0.25) is 0 Å². The van der Waals surface area contributed by atoms with Gasteiger partial charge in [0, 0.05) is 31.0 Å².